The first-order valence-electron chi connectivity index (χ1n) is 8.68. The zero-order valence-corrected chi connectivity index (χ0v) is 14.0. The molecule has 1 saturated heterocycles. The van der Waals surface area contributed by atoms with Gasteiger partial charge in [0.1, 0.15) is 0 Å². The summed E-state index contributed by atoms with van der Waals surface area (Å²) in [6.45, 7) is 4.75. The van der Waals surface area contributed by atoms with Gasteiger partial charge in [-0.1, -0.05) is 57.7 Å². The van der Waals surface area contributed by atoms with E-state index < -0.39 is 0 Å². The number of aliphatic imine (C=N–C) groups is 1. The number of hydrogen-bond donors (Lipinski definition) is 1. The summed E-state index contributed by atoms with van der Waals surface area (Å²) < 4.78 is 0. The predicted molar refractivity (Wildman–Crippen MR) is 89.4 cm³/mol. The molecule has 1 aliphatic heterocycles. The molecule has 114 valence electrons. The largest absolute Gasteiger partial charge is 0.359 e. The van der Waals surface area contributed by atoms with Gasteiger partial charge in [0.15, 0.2) is 5.17 Å². The van der Waals surface area contributed by atoms with Crippen LogP contribution in [0.15, 0.2) is 4.99 Å². The van der Waals surface area contributed by atoms with Crippen LogP contribution in [0.5, 0.6) is 0 Å². The first-order valence-corrected chi connectivity index (χ1v) is 9.66. The van der Waals surface area contributed by atoms with Crippen LogP contribution in [0.4, 0.5) is 0 Å². The second kappa shape index (κ2) is 6.29. The van der Waals surface area contributed by atoms with Gasteiger partial charge in [-0.2, -0.15) is 0 Å². The topological polar surface area (TPSA) is 24.4 Å². The molecule has 0 amide bonds. The van der Waals surface area contributed by atoms with Crippen LogP contribution in [0, 0.1) is 11.8 Å². The first kappa shape index (κ1) is 14.7. The summed E-state index contributed by atoms with van der Waals surface area (Å²) in [6, 6.07) is 0.597. The summed E-state index contributed by atoms with van der Waals surface area (Å²) in [5.41, 5.74) is 0.389. The highest BCUT2D eigenvalue weighted by Crippen LogP contribution is 2.39. The van der Waals surface area contributed by atoms with E-state index in [2.05, 4.69) is 19.2 Å². The quantitative estimate of drug-likeness (QED) is 0.805. The lowest BCUT2D eigenvalue weighted by molar-refractivity contribution is 0.242. The third-order valence-electron chi connectivity index (χ3n) is 5.58. The molecule has 2 saturated carbocycles. The first-order chi connectivity index (χ1) is 9.69. The zero-order chi connectivity index (χ0) is 14.0. The third kappa shape index (κ3) is 3.35. The standard InChI is InChI=1S/C17H30N2S/c1-3-14-7-4-8-15(10-14)18-16-19-17(12-20-16)9-5-6-13(2)11-17/h13-15H,3-12H2,1-2H3,(H,18,19). The van der Waals surface area contributed by atoms with Crippen molar-refractivity contribution in [3.8, 4) is 0 Å². The minimum Gasteiger partial charge on any atom is -0.359 e. The molecule has 0 aromatic heterocycles. The molecule has 1 N–H and O–H groups in total. The molecule has 1 heterocycles. The molecule has 4 unspecified atom stereocenters. The van der Waals surface area contributed by atoms with Crippen LogP contribution in [-0.4, -0.2) is 22.5 Å². The predicted octanol–water partition coefficient (Wildman–Crippen LogP) is 4.60. The molecule has 0 aromatic carbocycles. The molecule has 1 spiro atoms. The van der Waals surface area contributed by atoms with Gasteiger partial charge in [0, 0.05) is 11.3 Å². The molecule has 0 radical (unpaired) electrons. The fraction of sp³-hybridized carbons (Fsp3) is 0.941. The third-order valence-corrected chi connectivity index (χ3v) is 6.76. The smallest absolute Gasteiger partial charge is 0.157 e. The highest BCUT2D eigenvalue weighted by molar-refractivity contribution is 8.14. The maximum atomic E-state index is 5.08. The van der Waals surface area contributed by atoms with Crippen molar-refractivity contribution in [3.63, 3.8) is 0 Å². The average molecular weight is 295 g/mol. The highest BCUT2D eigenvalue weighted by Gasteiger charge is 2.40. The molecule has 0 bridgehead atoms. The van der Waals surface area contributed by atoms with Gasteiger partial charge in [-0.3, -0.25) is 4.99 Å². The van der Waals surface area contributed by atoms with E-state index >= 15 is 0 Å². The minimum atomic E-state index is 0.389. The average Bonchev–Trinajstić information content (AvgIpc) is 2.81. The Labute approximate surface area is 128 Å². The van der Waals surface area contributed by atoms with Crippen LogP contribution in [0.1, 0.15) is 71.6 Å². The number of rotatable bonds is 2. The SMILES string of the molecule is CCC1CCCC(N=C2NC3(CCCC(C)C3)CS2)C1. The fourth-order valence-electron chi connectivity index (χ4n) is 4.40. The number of thioether (sulfide) groups is 1. The van der Waals surface area contributed by atoms with Gasteiger partial charge < -0.3 is 5.32 Å². The molecular formula is C17H30N2S. The van der Waals surface area contributed by atoms with E-state index in [4.69, 9.17) is 4.99 Å². The molecular weight excluding hydrogens is 264 g/mol. The lowest BCUT2D eigenvalue weighted by Gasteiger charge is -2.36. The zero-order valence-electron chi connectivity index (χ0n) is 13.2. The van der Waals surface area contributed by atoms with E-state index in [0.717, 1.165) is 11.8 Å². The van der Waals surface area contributed by atoms with Crippen molar-refractivity contribution in [2.24, 2.45) is 16.8 Å². The number of nitrogens with one attached hydrogen (secondary N) is 1. The van der Waals surface area contributed by atoms with Gasteiger partial charge in [-0.25, -0.2) is 0 Å². The Morgan fingerprint density at radius 1 is 1.30 bits per heavy atom. The van der Waals surface area contributed by atoms with Gasteiger partial charge in [0.2, 0.25) is 0 Å². The van der Waals surface area contributed by atoms with Crippen molar-refractivity contribution >= 4 is 16.9 Å². The Kier molecular flexibility index (Phi) is 4.64. The van der Waals surface area contributed by atoms with Crippen molar-refractivity contribution in [2.45, 2.75) is 83.2 Å². The second-order valence-corrected chi connectivity index (χ2v) is 8.39. The van der Waals surface area contributed by atoms with Crippen molar-refractivity contribution in [1.82, 2.24) is 5.32 Å². The summed E-state index contributed by atoms with van der Waals surface area (Å²) in [4.78, 5) is 5.08. The summed E-state index contributed by atoms with van der Waals surface area (Å²) in [5, 5.41) is 5.09. The van der Waals surface area contributed by atoms with Crippen LogP contribution in [0.2, 0.25) is 0 Å². The maximum Gasteiger partial charge on any atom is 0.157 e. The Morgan fingerprint density at radius 3 is 3.00 bits per heavy atom. The van der Waals surface area contributed by atoms with Crippen LogP contribution < -0.4 is 5.32 Å². The van der Waals surface area contributed by atoms with Crippen LogP contribution in [0.25, 0.3) is 0 Å². The number of amidine groups is 1. The van der Waals surface area contributed by atoms with E-state index in [-0.39, 0.29) is 0 Å². The molecule has 3 fully saturated rings. The Morgan fingerprint density at radius 2 is 2.20 bits per heavy atom. The monoisotopic (exact) mass is 294 g/mol. The summed E-state index contributed by atoms with van der Waals surface area (Å²) in [7, 11) is 0. The molecule has 2 nitrogen and oxygen atoms in total. The van der Waals surface area contributed by atoms with Gasteiger partial charge in [0.05, 0.1) is 6.04 Å². The van der Waals surface area contributed by atoms with Crippen LogP contribution >= 0.6 is 11.8 Å². The summed E-state index contributed by atoms with van der Waals surface area (Å²) in [6.07, 6.45) is 12.3. The van der Waals surface area contributed by atoms with Gasteiger partial charge in [-0.05, 0) is 37.5 Å². The summed E-state index contributed by atoms with van der Waals surface area (Å²) in [5.74, 6) is 3.06. The Balaban J connectivity index is 1.60. The molecule has 3 rings (SSSR count). The molecule has 3 aliphatic rings. The normalized spacial score (nSPS) is 43.9. The summed E-state index contributed by atoms with van der Waals surface area (Å²) >= 11 is 1.99. The van der Waals surface area contributed by atoms with E-state index in [1.54, 1.807) is 0 Å². The van der Waals surface area contributed by atoms with E-state index in [0.29, 0.717) is 11.6 Å². The van der Waals surface area contributed by atoms with Crippen molar-refractivity contribution in [3.05, 3.63) is 0 Å². The molecule has 20 heavy (non-hydrogen) atoms. The number of hydrogen-bond acceptors (Lipinski definition) is 2. The minimum absolute atomic E-state index is 0.389. The maximum absolute atomic E-state index is 5.08. The molecule has 0 aromatic rings. The van der Waals surface area contributed by atoms with E-state index in [1.165, 1.54) is 68.7 Å². The van der Waals surface area contributed by atoms with Crippen molar-refractivity contribution in [2.75, 3.05) is 5.75 Å². The van der Waals surface area contributed by atoms with Gasteiger partial charge >= 0.3 is 0 Å². The van der Waals surface area contributed by atoms with Crippen LogP contribution in [-0.2, 0) is 0 Å². The highest BCUT2D eigenvalue weighted by atomic mass is 32.2. The molecule has 4 atom stereocenters. The lowest BCUT2D eigenvalue weighted by atomic mass is 9.78. The van der Waals surface area contributed by atoms with Crippen molar-refractivity contribution < 1.29 is 0 Å². The second-order valence-electron chi connectivity index (χ2n) is 7.42. The van der Waals surface area contributed by atoms with Crippen LogP contribution in [0.3, 0.4) is 0 Å². The van der Waals surface area contributed by atoms with Gasteiger partial charge in [-0.15, -0.1) is 0 Å². The number of nitrogens with zero attached hydrogens (tertiary/aromatic N) is 1. The van der Waals surface area contributed by atoms with E-state index in [1.807, 2.05) is 11.8 Å². The lowest BCUT2D eigenvalue weighted by Crippen LogP contribution is -2.47. The Bertz CT molecular complexity index is 368. The molecule has 3 heteroatoms. The van der Waals surface area contributed by atoms with Gasteiger partial charge in [0.25, 0.3) is 0 Å². The molecule has 2 aliphatic carbocycles. The fourth-order valence-corrected chi connectivity index (χ4v) is 5.66. The van der Waals surface area contributed by atoms with Crippen molar-refractivity contribution in [1.29, 1.82) is 0 Å². The Hall–Kier alpha value is -0.180. The van der Waals surface area contributed by atoms with E-state index in [9.17, 15) is 0 Å².